The number of nitrogens with zero attached hydrogens (tertiary/aromatic N) is 1. The lowest BCUT2D eigenvalue weighted by Gasteiger charge is -2.16. The molecule has 30 heavy (non-hydrogen) atoms. The van der Waals surface area contributed by atoms with Gasteiger partial charge in [-0.25, -0.2) is 0 Å². The molecule has 5 atom stereocenters. The summed E-state index contributed by atoms with van der Waals surface area (Å²) in [5, 5.41) is 20.6. The Bertz CT molecular complexity index is 869. The van der Waals surface area contributed by atoms with Crippen LogP contribution < -0.4 is 28.4 Å². The fraction of sp³-hybridized carbons (Fsp3) is 0.350. The van der Waals surface area contributed by atoms with Crippen molar-refractivity contribution >= 4 is 11.9 Å². The summed E-state index contributed by atoms with van der Waals surface area (Å²) in [4.78, 5) is 23.5. The number of aliphatic hydroxyl groups excluding tert-OH is 2. The number of rotatable bonds is 7. The SMILES string of the molecule is NC(=O)c1ccc[n+]([C@@H]2O[C@H](COC(=O)[C@@H](N)Cc3ccccc3)[C@@H](O)[C@H]2O)c1.[Cl-]. The molecular weight excluding hydrogens is 414 g/mol. The molecule has 3 rings (SSSR count). The third kappa shape index (κ3) is 5.53. The summed E-state index contributed by atoms with van der Waals surface area (Å²) in [5.74, 6) is -1.27. The molecule has 0 saturated carbocycles. The Kier molecular flexibility index (Phi) is 8.27. The molecule has 1 fully saturated rings. The van der Waals surface area contributed by atoms with Crippen LogP contribution in [0.25, 0.3) is 0 Å². The van der Waals surface area contributed by atoms with Crippen molar-refractivity contribution in [3.63, 3.8) is 0 Å². The molecule has 1 amide bonds. The van der Waals surface area contributed by atoms with E-state index < -0.39 is 42.5 Å². The predicted molar refractivity (Wildman–Crippen MR) is 100 cm³/mol. The average Bonchev–Trinajstić information content (AvgIpc) is 3.01. The first-order valence-electron chi connectivity index (χ1n) is 9.15. The molecule has 162 valence electrons. The smallest absolute Gasteiger partial charge is 0.323 e. The van der Waals surface area contributed by atoms with Crippen molar-refractivity contribution in [3.05, 3.63) is 66.0 Å². The minimum atomic E-state index is -1.29. The summed E-state index contributed by atoms with van der Waals surface area (Å²) in [6, 6.07) is 11.5. The van der Waals surface area contributed by atoms with Gasteiger partial charge in [-0.2, -0.15) is 4.57 Å². The summed E-state index contributed by atoms with van der Waals surface area (Å²) < 4.78 is 12.3. The van der Waals surface area contributed by atoms with Gasteiger partial charge in [-0.1, -0.05) is 30.3 Å². The Morgan fingerprint density at radius 1 is 1.13 bits per heavy atom. The first-order chi connectivity index (χ1) is 13.9. The largest absolute Gasteiger partial charge is 1.00 e. The number of benzene rings is 1. The summed E-state index contributed by atoms with van der Waals surface area (Å²) in [6.45, 7) is -0.272. The zero-order valence-electron chi connectivity index (χ0n) is 16.0. The highest BCUT2D eigenvalue weighted by Crippen LogP contribution is 2.25. The molecule has 0 aliphatic carbocycles. The van der Waals surface area contributed by atoms with Gasteiger partial charge in [-0.05, 0) is 18.1 Å². The van der Waals surface area contributed by atoms with Gasteiger partial charge in [-0.15, -0.1) is 0 Å². The fourth-order valence-electron chi connectivity index (χ4n) is 3.13. The van der Waals surface area contributed by atoms with E-state index in [1.54, 1.807) is 12.3 Å². The summed E-state index contributed by atoms with van der Waals surface area (Å²) in [7, 11) is 0. The van der Waals surface area contributed by atoms with Gasteiger partial charge in [0.1, 0.15) is 30.4 Å². The molecule has 2 heterocycles. The van der Waals surface area contributed by atoms with Crippen molar-refractivity contribution < 1.29 is 46.2 Å². The van der Waals surface area contributed by atoms with Gasteiger partial charge in [0.25, 0.3) is 12.1 Å². The molecule has 1 aliphatic heterocycles. The maximum Gasteiger partial charge on any atom is 0.323 e. The molecular formula is C20H24ClN3O6. The zero-order chi connectivity index (χ0) is 21.0. The topological polar surface area (TPSA) is 149 Å². The molecule has 10 heteroatoms. The number of hydrogen-bond donors (Lipinski definition) is 4. The predicted octanol–water partition coefficient (Wildman–Crippen LogP) is -4.19. The number of hydrogen-bond acceptors (Lipinski definition) is 7. The van der Waals surface area contributed by atoms with Crippen molar-refractivity contribution in [1.29, 1.82) is 0 Å². The Balaban J connectivity index is 0.00000320. The Labute approximate surface area is 179 Å². The standard InChI is InChI=1S/C20H23N3O6.ClH/c21-14(9-12-5-2-1-3-6-12)20(27)28-11-15-16(24)17(25)19(29-15)23-8-4-7-13(10-23)18(22)26;/h1-8,10,14-17,19,24-25H,9,11,21H2,(H-,22,26);1H/t14-,15+,16+,17+,19+;/m0./s1. The van der Waals surface area contributed by atoms with Crippen LogP contribution in [0.15, 0.2) is 54.9 Å². The van der Waals surface area contributed by atoms with Crippen LogP contribution in [0.4, 0.5) is 0 Å². The quantitative estimate of drug-likeness (QED) is 0.253. The molecule has 0 bridgehead atoms. The Morgan fingerprint density at radius 2 is 1.83 bits per heavy atom. The summed E-state index contributed by atoms with van der Waals surface area (Å²) in [6.07, 6.45) is -1.20. The average molecular weight is 438 g/mol. The number of carbonyl (C=O) groups excluding carboxylic acids is 2. The van der Waals surface area contributed by atoms with Gasteiger partial charge in [0.15, 0.2) is 18.5 Å². The molecule has 2 aromatic rings. The van der Waals surface area contributed by atoms with Crippen molar-refractivity contribution in [3.8, 4) is 0 Å². The van der Waals surface area contributed by atoms with Gasteiger partial charge in [-0.3, -0.25) is 9.59 Å². The third-order valence-corrected chi connectivity index (χ3v) is 4.73. The second-order valence-corrected chi connectivity index (χ2v) is 6.88. The van der Waals surface area contributed by atoms with E-state index in [9.17, 15) is 19.8 Å². The van der Waals surface area contributed by atoms with Crippen molar-refractivity contribution in [2.75, 3.05) is 6.61 Å². The molecule has 6 N–H and O–H groups in total. The lowest BCUT2D eigenvalue weighted by atomic mass is 10.1. The minimum Gasteiger partial charge on any atom is -1.00 e. The number of aromatic nitrogens is 1. The van der Waals surface area contributed by atoms with E-state index >= 15 is 0 Å². The molecule has 1 aliphatic rings. The number of ether oxygens (including phenoxy) is 2. The molecule has 0 spiro atoms. The Hall–Kier alpha value is -2.56. The van der Waals surface area contributed by atoms with Crippen LogP contribution in [0.2, 0.25) is 0 Å². The van der Waals surface area contributed by atoms with Crippen molar-refractivity contribution in [1.82, 2.24) is 0 Å². The first-order valence-corrected chi connectivity index (χ1v) is 9.15. The fourth-order valence-corrected chi connectivity index (χ4v) is 3.13. The first kappa shape index (κ1) is 23.7. The number of primary amides is 1. The van der Waals surface area contributed by atoms with Crippen LogP contribution in [-0.4, -0.2) is 53.1 Å². The lowest BCUT2D eigenvalue weighted by Crippen LogP contribution is -3.00. The number of halogens is 1. The molecule has 1 saturated heterocycles. The third-order valence-electron chi connectivity index (χ3n) is 4.73. The molecule has 1 aromatic heterocycles. The van der Waals surface area contributed by atoms with E-state index in [0.717, 1.165) is 5.56 Å². The number of carbonyl (C=O) groups is 2. The van der Waals surface area contributed by atoms with Crippen LogP contribution in [0, 0.1) is 0 Å². The van der Waals surface area contributed by atoms with E-state index in [-0.39, 0.29) is 24.6 Å². The highest BCUT2D eigenvalue weighted by atomic mass is 35.5. The zero-order valence-corrected chi connectivity index (χ0v) is 16.8. The minimum absolute atomic E-state index is 0. The van der Waals surface area contributed by atoms with E-state index in [2.05, 4.69) is 0 Å². The van der Waals surface area contributed by atoms with E-state index in [4.69, 9.17) is 20.9 Å². The van der Waals surface area contributed by atoms with E-state index in [1.165, 1.54) is 16.8 Å². The van der Waals surface area contributed by atoms with Crippen LogP contribution in [0.1, 0.15) is 22.1 Å². The maximum atomic E-state index is 12.2. The molecule has 1 aromatic carbocycles. The van der Waals surface area contributed by atoms with Crippen LogP contribution in [-0.2, 0) is 20.7 Å². The van der Waals surface area contributed by atoms with Gasteiger partial charge in [0.05, 0.1) is 0 Å². The lowest BCUT2D eigenvalue weighted by molar-refractivity contribution is -0.765. The molecule has 0 radical (unpaired) electrons. The van der Waals surface area contributed by atoms with Gasteiger partial charge in [0, 0.05) is 6.07 Å². The van der Waals surface area contributed by atoms with Crippen LogP contribution in [0.3, 0.4) is 0 Å². The molecule has 9 nitrogen and oxygen atoms in total. The van der Waals surface area contributed by atoms with Gasteiger partial charge < -0.3 is 43.6 Å². The van der Waals surface area contributed by atoms with Crippen LogP contribution >= 0.6 is 0 Å². The second kappa shape index (κ2) is 10.5. The number of amides is 1. The number of pyridine rings is 1. The van der Waals surface area contributed by atoms with Gasteiger partial charge in [0.2, 0.25) is 0 Å². The van der Waals surface area contributed by atoms with Crippen molar-refractivity contribution in [2.45, 2.75) is 37.0 Å². The van der Waals surface area contributed by atoms with Crippen molar-refractivity contribution in [2.24, 2.45) is 11.5 Å². The maximum absolute atomic E-state index is 12.2. The second-order valence-electron chi connectivity index (χ2n) is 6.88. The van der Waals surface area contributed by atoms with E-state index in [1.807, 2.05) is 30.3 Å². The number of esters is 1. The number of nitrogens with two attached hydrogens (primary N) is 2. The number of aliphatic hydroxyl groups is 2. The monoisotopic (exact) mass is 437 g/mol. The molecule has 0 unspecified atom stereocenters. The summed E-state index contributed by atoms with van der Waals surface area (Å²) >= 11 is 0. The normalized spacial score (nSPS) is 24.0. The van der Waals surface area contributed by atoms with E-state index in [0.29, 0.717) is 6.42 Å². The van der Waals surface area contributed by atoms with Crippen LogP contribution in [0.5, 0.6) is 0 Å². The van der Waals surface area contributed by atoms with Gasteiger partial charge >= 0.3 is 5.97 Å². The highest BCUT2D eigenvalue weighted by Gasteiger charge is 2.48. The summed E-state index contributed by atoms with van der Waals surface area (Å²) in [5.41, 5.74) is 12.3. The Morgan fingerprint density at radius 3 is 2.50 bits per heavy atom. The highest BCUT2D eigenvalue weighted by molar-refractivity contribution is 5.92.